The molecule has 0 atom stereocenters. The molecular formula is C11H13F2NO. The van der Waals surface area contributed by atoms with Gasteiger partial charge in [-0.3, -0.25) is 0 Å². The highest BCUT2D eigenvalue weighted by molar-refractivity contribution is 5.43. The van der Waals surface area contributed by atoms with Crippen molar-refractivity contribution in [3.05, 3.63) is 29.8 Å². The van der Waals surface area contributed by atoms with Crippen molar-refractivity contribution in [1.82, 2.24) is 0 Å². The number of benzene rings is 1. The molecule has 0 aromatic heterocycles. The number of hydrogen-bond donors (Lipinski definition) is 2. The molecule has 82 valence electrons. The molecule has 1 aromatic carbocycles. The minimum Gasteiger partial charge on any atom is -0.393 e. The van der Waals surface area contributed by atoms with Crippen LogP contribution in [0.4, 0.5) is 14.5 Å². The van der Waals surface area contributed by atoms with Gasteiger partial charge in [0.2, 0.25) is 0 Å². The fraction of sp³-hybridized carbons (Fsp3) is 0.455. The van der Waals surface area contributed by atoms with Crippen LogP contribution in [0.5, 0.6) is 0 Å². The summed E-state index contributed by atoms with van der Waals surface area (Å²) in [6, 6.07) is 3.76. The molecule has 4 heteroatoms. The molecule has 1 aliphatic rings. The number of hydrogen-bond acceptors (Lipinski definition) is 2. The molecule has 15 heavy (non-hydrogen) atoms. The molecule has 1 aliphatic carbocycles. The van der Waals surface area contributed by atoms with Crippen molar-refractivity contribution in [2.24, 2.45) is 5.92 Å². The fourth-order valence-corrected chi connectivity index (χ4v) is 1.74. The average molecular weight is 213 g/mol. The van der Waals surface area contributed by atoms with Crippen LogP contribution >= 0.6 is 0 Å². The summed E-state index contributed by atoms with van der Waals surface area (Å²) in [5.41, 5.74) is 0.579. The monoisotopic (exact) mass is 213 g/mol. The SMILES string of the molecule is OC1CC(CNc2ccc(F)c(F)c2)C1. The molecule has 0 amide bonds. The predicted octanol–water partition coefficient (Wildman–Crippen LogP) is 2.15. The zero-order valence-corrected chi connectivity index (χ0v) is 8.21. The zero-order chi connectivity index (χ0) is 10.8. The van der Waals surface area contributed by atoms with Gasteiger partial charge in [0.05, 0.1) is 6.10 Å². The Kier molecular flexibility index (Phi) is 2.86. The van der Waals surface area contributed by atoms with Crippen LogP contribution in [0.3, 0.4) is 0 Å². The number of halogens is 2. The fourth-order valence-electron chi connectivity index (χ4n) is 1.74. The maximum absolute atomic E-state index is 12.8. The summed E-state index contributed by atoms with van der Waals surface area (Å²) in [6.45, 7) is 0.697. The lowest BCUT2D eigenvalue weighted by Gasteiger charge is -2.31. The van der Waals surface area contributed by atoms with Gasteiger partial charge in [0, 0.05) is 12.2 Å². The third-order valence-electron chi connectivity index (χ3n) is 2.73. The number of nitrogens with one attached hydrogen (secondary N) is 1. The molecule has 2 N–H and O–H groups in total. The van der Waals surface area contributed by atoms with E-state index in [1.165, 1.54) is 6.07 Å². The van der Waals surface area contributed by atoms with E-state index in [1.807, 2.05) is 0 Å². The van der Waals surface area contributed by atoms with Gasteiger partial charge in [-0.2, -0.15) is 0 Å². The molecule has 0 saturated heterocycles. The highest BCUT2D eigenvalue weighted by atomic mass is 19.2. The zero-order valence-electron chi connectivity index (χ0n) is 8.21. The van der Waals surface area contributed by atoms with Gasteiger partial charge in [0.15, 0.2) is 11.6 Å². The Hall–Kier alpha value is -1.16. The third-order valence-corrected chi connectivity index (χ3v) is 2.73. The summed E-state index contributed by atoms with van der Waals surface area (Å²) >= 11 is 0. The summed E-state index contributed by atoms with van der Waals surface area (Å²) in [6.07, 6.45) is 1.40. The molecular weight excluding hydrogens is 200 g/mol. The molecule has 1 saturated carbocycles. The number of rotatable bonds is 3. The lowest BCUT2D eigenvalue weighted by atomic mass is 9.82. The van der Waals surface area contributed by atoms with Crippen LogP contribution in [0.2, 0.25) is 0 Å². The lowest BCUT2D eigenvalue weighted by Crippen LogP contribution is -2.33. The van der Waals surface area contributed by atoms with E-state index in [2.05, 4.69) is 5.32 Å². The summed E-state index contributed by atoms with van der Waals surface area (Å²) in [4.78, 5) is 0. The topological polar surface area (TPSA) is 32.3 Å². The Labute approximate surface area is 86.9 Å². The lowest BCUT2D eigenvalue weighted by molar-refractivity contribution is 0.0487. The quantitative estimate of drug-likeness (QED) is 0.806. The van der Waals surface area contributed by atoms with E-state index in [4.69, 9.17) is 5.11 Å². The van der Waals surface area contributed by atoms with E-state index < -0.39 is 11.6 Å². The second-order valence-electron chi connectivity index (χ2n) is 4.00. The Balaban J connectivity index is 1.86. The van der Waals surface area contributed by atoms with Crippen molar-refractivity contribution in [2.45, 2.75) is 18.9 Å². The van der Waals surface area contributed by atoms with Gasteiger partial charge in [-0.15, -0.1) is 0 Å². The van der Waals surface area contributed by atoms with Crippen molar-refractivity contribution in [3.63, 3.8) is 0 Å². The molecule has 0 bridgehead atoms. The van der Waals surface area contributed by atoms with Gasteiger partial charge in [-0.25, -0.2) is 8.78 Å². The Morgan fingerprint density at radius 1 is 1.27 bits per heavy atom. The van der Waals surface area contributed by atoms with E-state index in [0.29, 0.717) is 18.2 Å². The van der Waals surface area contributed by atoms with Gasteiger partial charge in [-0.05, 0) is 37.0 Å². The van der Waals surface area contributed by atoms with E-state index in [1.54, 1.807) is 0 Å². The molecule has 1 aromatic rings. The van der Waals surface area contributed by atoms with Crippen LogP contribution in [-0.4, -0.2) is 17.8 Å². The standard InChI is InChI=1S/C11H13F2NO/c12-10-2-1-8(5-11(10)13)14-6-7-3-9(15)4-7/h1-2,5,7,9,14-15H,3-4,6H2. The van der Waals surface area contributed by atoms with Crippen LogP contribution in [0.25, 0.3) is 0 Å². The predicted molar refractivity (Wildman–Crippen MR) is 53.6 cm³/mol. The van der Waals surface area contributed by atoms with Gasteiger partial charge in [-0.1, -0.05) is 0 Å². The van der Waals surface area contributed by atoms with Gasteiger partial charge in [0.1, 0.15) is 0 Å². The van der Waals surface area contributed by atoms with Crippen molar-refractivity contribution in [1.29, 1.82) is 0 Å². The second-order valence-corrected chi connectivity index (χ2v) is 4.00. The molecule has 0 radical (unpaired) electrons. The van der Waals surface area contributed by atoms with Crippen LogP contribution in [0.1, 0.15) is 12.8 Å². The minimum absolute atomic E-state index is 0.179. The van der Waals surface area contributed by atoms with E-state index in [0.717, 1.165) is 25.0 Å². The highest BCUT2D eigenvalue weighted by Crippen LogP contribution is 2.27. The number of anilines is 1. The van der Waals surface area contributed by atoms with Crippen LogP contribution in [-0.2, 0) is 0 Å². The van der Waals surface area contributed by atoms with E-state index in [-0.39, 0.29) is 6.10 Å². The first kappa shape index (κ1) is 10.4. The summed E-state index contributed by atoms with van der Waals surface area (Å²) in [5.74, 6) is -1.23. The maximum Gasteiger partial charge on any atom is 0.160 e. The van der Waals surface area contributed by atoms with Crippen LogP contribution in [0, 0.1) is 17.6 Å². The van der Waals surface area contributed by atoms with E-state index in [9.17, 15) is 8.78 Å². The Morgan fingerprint density at radius 2 is 2.00 bits per heavy atom. The van der Waals surface area contributed by atoms with Crippen molar-refractivity contribution in [3.8, 4) is 0 Å². The largest absolute Gasteiger partial charge is 0.393 e. The normalized spacial score (nSPS) is 24.7. The molecule has 0 unspecified atom stereocenters. The molecule has 1 fully saturated rings. The van der Waals surface area contributed by atoms with Crippen molar-refractivity contribution >= 4 is 5.69 Å². The van der Waals surface area contributed by atoms with Gasteiger partial charge in [0.25, 0.3) is 0 Å². The first-order valence-corrected chi connectivity index (χ1v) is 5.02. The van der Waals surface area contributed by atoms with Gasteiger partial charge >= 0.3 is 0 Å². The second kappa shape index (κ2) is 4.14. The van der Waals surface area contributed by atoms with Crippen LogP contribution < -0.4 is 5.32 Å². The summed E-state index contributed by atoms with van der Waals surface area (Å²) in [5, 5.41) is 12.1. The minimum atomic E-state index is -0.839. The van der Waals surface area contributed by atoms with Crippen molar-refractivity contribution < 1.29 is 13.9 Å². The molecule has 0 spiro atoms. The molecule has 2 rings (SSSR count). The van der Waals surface area contributed by atoms with Crippen molar-refractivity contribution in [2.75, 3.05) is 11.9 Å². The maximum atomic E-state index is 12.8. The summed E-state index contributed by atoms with van der Waals surface area (Å²) in [7, 11) is 0. The third kappa shape index (κ3) is 2.45. The number of aliphatic hydroxyl groups is 1. The van der Waals surface area contributed by atoms with E-state index >= 15 is 0 Å². The van der Waals surface area contributed by atoms with Gasteiger partial charge < -0.3 is 10.4 Å². The Bertz CT molecular complexity index is 350. The highest BCUT2D eigenvalue weighted by Gasteiger charge is 2.26. The molecule has 2 nitrogen and oxygen atoms in total. The Morgan fingerprint density at radius 3 is 2.60 bits per heavy atom. The summed E-state index contributed by atoms with van der Waals surface area (Å²) < 4.78 is 25.4. The molecule has 0 aliphatic heterocycles. The smallest absolute Gasteiger partial charge is 0.160 e. The average Bonchev–Trinajstić information content (AvgIpc) is 2.16. The first-order valence-electron chi connectivity index (χ1n) is 5.02. The first-order chi connectivity index (χ1) is 7.15. The number of aliphatic hydroxyl groups excluding tert-OH is 1. The van der Waals surface area contributed by atoms with Crippen LogP contribution in [0.15, 0.2) is 18.2 Å². The molecule has 0 heterocycles.